The number of nitrogens with two attached hydrogens (primary N) is 1. The second kappa shape index (κ2) is 14.9. The van der Waals surface area contributed by atoms with Crippen molar-refractivity contribution in [1.29, 1.82) is 0 Å². The number of amides is 3. The first-order valence-corrected chi connectivity index (χ1v) is 11.6. The van der Waals surface area contributed by atoms with Crippen molar-refractivity contribution in [3.63, 3.8) is 0 Å². The van der Waals surface area contributed by atoms with Gasteiger partial charge in [-0.05, 0) is 30.4 Å². The van der Waals surface area contributed by atoms with Crippen molar-refractivity contribution in [3.8, 4) is 0 Å². The second-order valence-electron chi connectivity index (χ2n) is 7.19. The molecule has 12 heteroatoms. The van der Waals surface area contributed by atoms with Crippen LogP contribution in [0.3, 0.4) is 0 Å². The zero-order chi connectivity index (χ0) is 24.8. The lowest BCUT2D eigenvalue weighted by molar-refractivity contribution is -0.142. The van der Waals surface area contributed by atoms with Crippen LogP contribution in [0.25, 0.3) is 0 Å². The molecule has 0 aliphatic rings. The number of nitrogens with one attached hydrogen (secondary N) is 3. The van der Waals surface area contributed by atoms with E-state index in [4.69, 9.17) is 10.8 Å². The van der Waals surface area contributed by atoms with E-state index in [9.17, 15) is 29.1 Å². The molecule has 3 atom stereocenters. The van der Waals surface area contributed by atoms with Gasteiger partial charge in [0, 0.05) is 12.8 Å². The molecule has 33 heavy (non-hydrogen) atoms. The van der Waals surface area contributed by atoms with Gasteiger partial charge in [0.2, 0.25) is 17.7 Å². The van der Waals surface area contributed by atoms with Crippen molar-refractivity contribution in [1.82, 2.24) is 16.0 Å². The zero-order valence-corrected chi connectivity index (χ0v) is 19.1. The highest BCUT2D eigenvalue weighted by Crippen LogP contribution is 2.07. The number of aliphatic carboxylic acids is 2. The Morgan fingerprint density at radius 2 is 1.48 bits per heavy atom. The molecule has 0 fully saturated rings. The summed E-state index contributed by atoms with van der Waals surface area (Å²) < 4.78 is 0. The third-order valence-electron chi connectivity index (χ3n) is 4.62. The molecular weight excluding hydrogens is 452 g/mol. The minimum Gasteiger partial charge on any atom is -0.481 e. The van der Waals surface area contributed by atoms with Crippen LogP contribution in [-0.4, -0.2) is 76.6 Å². The van der Waals surface area contributed by atoms with Gasteiger partial charge in [-0.3, -0.25) is 19.2 Å². The number of carbonyl (C=O) groups excluding carboxylic acids is 3. The van der Waals surface area contributed by atoms with E-state index < -0.39 is 54.3 Å². The molecule has 0 saturated heterocycles. The van der Waals surface area contributed by atoms with Crippen LogP contribution in [0.15, 0.2) is 30.3 Å². The summed E-state index contributed by atoms with van der Waals surface area (Å²) >= 11 is 1.43. The fourth-order valence-electron chi connectivity index (χ4n) is 2.89. The maximum absolute atomic E-state index is 12.9. The average molecular weight is 483 g/mol. The van der Waals surface area contributed by atoms with Gasteiger partial charge in [0.1, 0.15) is 18.1 Å². The number of carboxylic acids is 2. The molecule has 1 aromatic rings. The van der Waals surface area contributed by atoms with Crippen molar-refractivity contribution >= 4 is 41.4 Å². The Labute approximate surface area is 195 Å². The third-order valence-corrected chi connectivity index (χ3v) is 5.27. The Morgan fingerprint density at radius 3 is 2.00 bits per heavy atom. The Hall–Kier alpha value is -3.12. The van der Waals surface area contributed by atoms with Crippen molar-refractivity contribution in [2.24, 2.45) is 5.73 Å². The summed E-state index contributed by atoms with van der Waals surface area (Å²) in [5.74, 6) is -3.99. The molecule has 0 aromatic heterocycles. The molecule has 3 unspecified atom stereocenters. The first-order valence-electron chi connectivity index (χ1n) is 10.3. The van der Waals surface area contributed by atoms with Gasteiger partial charge in [-0.1, -0.05) is 30.3 Å². The highest BCUT2D eigenvalue weighted by Gasteiger charge is 2.29. The van der Waals surface area contributed by atoms with Crippen molar-refractivity contribution in [2.45, 2.75) is 43.8 Å². The van der Waals surface area contributed by atoms with E-state index in [-0.39, 0.29) is 25.7 Å². The number of thioether (sulfide) groups is 1. The standard InChI is InChI=1S/C21H30N4O7S/c1-33-10-9-15(24-19(29)14(7-8-18(27)28)23-17(26)12-22)20(30)25-16(21(31)32)11-13-5-3-2-4-6-13/h2-6,14-16H,7-12,22H2,1H3,(H,23,26)(H,24,29)(H,25,30)(H,27,28)(H,31,32). The van der Waals surface area contributed by atoms with Crippen LogP contribution in [0.5, 0.6) is 0 Å². The predicted octanol–water partition coefficient (Wildman–Crippen LogP) is -0.655. The summed E-state index contributed by atoms with van der Waals surface area (Å²) in [6.45, 7) is -0.396. The molecule has 0 aliphatic heterocycles. The Balaban J connectivity index is 2.94. The van der Waals surface area contributed by atoms with Gasteiger partial charge >= 0.3 is 11.9 Å². The molecule has 0 saturated carbocycles. The van der Waals surface area contributed by atoms with Crippen LogP contribution in [0.1, 0.15) is 24.8 Å². The summed E-state index contributed by atoms with van der Waals surface area (Å²) in [5, 5.41) is 25.7. The molecule has 11 nitrogen and oxygen atoms in total. The van der Waals surface area contributed by atoms with Gasteiger partial charge in [-0.15, -0.1) is 0 Å². The van der Waals surface area contributed by atoms with Crippen molar-refractivity contribution < 1.29 is 34.2 Å². The fraction of sp³-hybridized carbons (Fsp3) is 0.476. The normalized spacial score (nSPS) is 13.3. The average Bonchev–Trinajstić information content (AvgIpc) is 2.78. The maximum atomic E-state index is 12.9. The van der Waals surface area contributed by atoms with E-state index in [1.165, 1.54) is 11.8 Å². The SMILES string of the molecule is CSCCC(NC(=O)C(CCC(=O)O)NC(=O)CN)C(=O)NC(Cc1ccccc1)C(=O)O. The molecule has 1 aromatic carbocycles. The monoisotopic (exact) mass is 482 g/mol. The van der Waals surface area contributed by atoms with Gasteiger partial charge in [0.05, 0.1) is 6.54 Å². The van der Waals surface area contributed by atoms with Gasteiger partial charge in [0.15, 0.2) is 0 Å². The quantitative estimate of drug-likeness (QED) is 0.189. The minimum absolute atomic E-state index is 0.0545. The lowest BCUT2D eigenvalue weighted by Crippen LogP contribution is -2.56. The molecule has 7 N–H and O–H groups in total. The van der Waals surface area contributed by atoms with E-state index in [1.54, 1.807) is 30.3 Å². The van der Waals surface area contributed by atoms with E-state index in [2.05, 4.69) is 16.0 Å². The molecule has 0 spiro atoms. The molecule has 1 rings (SSSR count). The predicted molar refractivity (Wildman–Crippen MR) is 122 cm³/mol. The Bertz CT molecular complexity index is 822. The summed E-state index contributed by atoms with van der Waals surface area (Å²) in [6.07, 6.45) is 1.48. The van der Waals surface area contributed by atoms with Crippen LogP contribution in [0.4, 0.5) is 0 Å². The minimum atomic E-state index is -1.23. The van der Waals surface area contributed by atoms with Crippen molar-refractivity contribution in [3.05, 3.63) is 35.9 Å². The van der Waals surface area contributed by atoms with E-state index in [0.717, 1.165) is 0 Å². The van der Waals surface area contributed by atoms with Crippen LogP contribution in [0.2, 0.25) is 0 Å². The number of carboxylic acid groups (broad SMARTS) is 2. The highest BCUT2D eigenvalue weighted by atomic mass is 32.2. The van der Waals surface area contributed by atoms with Crippen LogP contribution in [-0.2, 0) is 30.4 Å². The van der Waals surface area contributed by atoms with Crippen LogP contribution < -0.4 is 21.7 Å². The summed E-state index contributed by atoms with van der Waals surface area (Å²) in [5.41, 5.74) is 5.97. The van der Waals surface area contributed by atoms with Gasteiger partial charge in [0.25, 0.3) is 0 Å². The lowest BCUT2D eigenvalue weighted by atomic mass is 10.0. The van der Waals surface area contributed by atoms with Crippen LogP contribution in [0, 0.1) is 0 Å². The summed E-state index contributed by atoms with van der Waals surface area (Å²) in [6, 6.07) is 5.27. The number of carbonyl (C=O) groups is 5. The lowest BCUT2D eigenvalue weighted by Gasteiger charge is -2.24. The van der Waals surface area contributed by atoms with Gasteiger partial charge in [-0.25, -0.2) is 4.79 Å². The largest absolute Gasteiger partial charge is 0.481 e. The summed E-state index contributed by atoms with van der Waals surface area (Å²) in [7, 11) is 0. The number of hydrogen-bond donors (Lipinski definition) is 6. The summed E-state index contributed by atoms with van der Waals surface area (Å²) in [4.78, 5) is 59.8. The van der Waals surface area contributed by atoms with E-state index in [0.29, 0.717) is 11.3 Å². The first-order chi connectivity index (χ1) is 15.7. The van der Waals surface area contributed by atoms with E-state index >= 15 is 0 Å². The maximum Gasteiger partial charge on any atom is 0.326 e. The van der Waals surface area contributed by atoms with Crippen molar-refractivity contribution in [2.75, 3.05) is 18.6 Å². The molecule has 0 bridgehead atoms. The number of hydrogen-bond acceptors (Lipinski definition) is 7. The third kappa shape index (κ3) is 10.8. The molecule has 0 aliphatic carbocycles. The number of rotatable bonds is 15. The van der Waals surface area contributed by atoms with Crippen LogP contribution >= 0.6 is 11.8 Å². The van der Waals surface area contributed by atoms with E-state index in [1.807, 2.05) is 6.26 Å². The Kier molecular flexibility index (Phi) is 12.6. The topological polar surface area (TPSA) is 188 Å². The van der Waals surface area contributed by atoms with Gasteiger partial charge < -0.3 is 31.9 Å². The molecule has 3 amide bonds. The molecular formula is C21H30N4O7S. The number of benzene rings is 1. The second-order valence-corrected chi connectivity index (χ2v) is 8.17. The molecule has 0 heterocycles. The first kappa shape index (κ1) is 27.9. The fourth-order valence-corrected chi connectivity index (χ4v) is 3.36. The van der Waals surface area contributed by atoms with Gasteiger partial charge in [-0.2, -0.15) is 11.8 Å². The molecule has 0 radical (unpaired) electrons. The molecule has 182 valence electrons. The zero-order valence-electron chi connectivity index (χ0n) is 18.3. The highest BCUT2D eigenvalue weighted by molar-refractivity contribution is 7.98. The smallest absolute Gasteiger partial charge is 0.326 e. The Morgan fingerprint density at radius 1 is 0.909 bits per heavy atom.